The van der Waals surface area contributed by atoms with Crippen LogP contribution in [0.4, 0.5) is 10.1 Å². The summed E-state index contributed by atoms with van der Waals surface area (Å²) in [5, 5.41) is 5.87. The lowest BCUT2D eigenvalue weighted by atomic mass is 10.1. The predicted molar refractivity (Wildman–Crippen MR) is 140 cm³/mol. The van der Waals surface area contributed by atoms with Crippen LogP contribution in [0.2, 0.25) is 0 Å². The van der Waals surface area contributed by atoms with E-state index in [0.29, 0.717) is 36.2 Å². The molecule has 0 saturated heterocycles. The third-order valence-corrected chi connectivity index (χ3v) is 5.21. The van der Waals surface area contributed by atoms with Gasteiger partial charge in [-0.15, -0.1) is 0 Å². The van der Waals surface area contributed by atoms with Gasteiger partial charge in [-0.05, 0) is 61.9 Å². The number of ether oxygens (including phenoxy) is 2. The summed E-state index contributed by atoms with van der Waals surface area (Å²) in [6, 6.07) is 11.0. The largest absolute Gasteiger partial charge is 0.495 e. The molecule has 0 radical (unpaired) electrons. The first-order chi connectivity index (χ1) is 17.4. The van der Waals surface area contributed by atoms with E-state index in [2.05, 4.69) is 20.6 Å². The molecule has 1 aliphatic rings. The molecule has 4 rings (SSSR count). The van der Waals surface area contributed by atoms with Crippen molar-refractivity contribution in [2.75, 3.05) is 25.6 Å². The topological polar surface area (TPSA) is 89.8 Å². The zero-order valence-electron chi connectivity index (χ0n) is 21.2. The Balaban J connectivity index is 0.00000176. The van der Waals surface area contributed by atoms with E-state index in [1.165, 1.54) is 12.1 Å². The van der Waals surface area contributed by atoms with Gasteiger partial charge >= 0.3 is 0 Å². The van der Waals surface area contributed by atoms with E-state index in [-0.39, 0.29) is 11.7 Å². The molecule has 0 bridgehead atoms. The molecule has 0 spiro atoms. The lowest BCUT2D eigenvalue weighted by Crippen LogP contribution is -2.43. The van der Waals surface area contributed by atoms with E-state index >= 15 is 0 Å². The number of hydrogen-bond acceptors (Lipinski definition) is 6. The number of amides is 1. The first-order valence-corrected chi connectivity index (χ1v) is 11.8. The van der Waals surface area contributed by atoms with Gasteiger partial charge in [-0.2, -0.15) is 0 Å². The van der Waals surface area contributed by atoms with Crippen molar-refractivity contribution in [2.24, 2.45) is 4.99 Å². The standard InChI is InChI=1S/C25H26FN5O3.C2H6/c1-16-14-31(15-28-16)21-9-4-18(12-22(21)33-3)13-23-24(27-10-11-34-23)30-25(32)17(2)29-20-7-5-19(26)6-8-20;1-2/h4-9,12-15,17,29H,10-11H2,1-3H3,(H,27,30,32);1-2H3/b23-13-;. The van der Waals surface area contributed by atoms with E-state index in [0.717, 1.165) is 16.9 Å². The maximum Gasteiger partial charge on any atom is 0.247 e. The average Bonchev–Trinajstić information content (AvgIpc) is 3.33. The molecule has 36 heavy (non-hydrogen) atoms. The fraction of sp³-hybridized carbons (Fsp3) is 0.296. The molecule has 1 aliphatic heterocycles. The van der Waals surface area contributed by atoms with E-state index in [1.807, 2.05) is 55.8 Å². The second-order valence-electron chi connectivity index (χ2n) is 7.80. The maximum atomic E-state index is 13.1. The summed E-state index contributed by atoms with van der Waals surface area (Å²) in [6.45, 7) is 8.49. The number of methoxy groups -OCH3 is 1. The molecule has 3 aromatic rings. The highest BCUT2D eigenvalue weighted by Crippen LogP contribution is 2.26. The number of imidazole rings is 1. The van der Waals surface area contributed by atoms with Crippen LogP contribution in [-0.2, 0) is 9.53 Å². The van der Waals surface area contributed by atoms with Crippen LogP contribution in [-0.4, -0.2) is 47.6 Å². The Morgan fingerprint density at radius 1 is 1.22 bits per heavy atom. The number of anilines is 1. The van der Waals surface area contributed by atoms with Crippen molar-refractivity contribution >= 4 is 23.5 Å². The van der Waals surface area contributed by atoms with Crippen molar-refractivity contribution in [3.63, 3.8) is 0 Å². The van der Waals surface area contributed by atoms with Gasteiger partial charge in [0.25, 0.3) is 0 Å². The fourth-order valence-electron chi connectivity index (χ4n) is 3.46. The van der Waals surface area contributed by atoms with Crippen molar-refractivity contribution < 1.29 is 18.7 Å². The first kappa shape index (κ1) is 26.5. The highest BCUT2D eigenvalue weighted by Gasteiger charge is 2.20. The van der Waals surface area contributed by atoms with Gasteiger partial charge in [0, 0.05) is 11.9 Å². The van der Waals surface area contributed by atoms with Crippen LogP contribution in [0.15, 0.2) is 65.7 Å². The molecule has 190 valence electrons. The van der Waals surface area contributed by atoms with E-state index in [4.69, 9.17) is 9.47 Å². The van der Waals surface area contributed by atoms with Gasteiger partial charge in [-0.1, -0.05) is 19.9 Å². The third kappa shape index (κ3) is 6.71. The van der Waals surface area contributed by atoms with E-state index in [9.17, 15) is 9.18 Å². The molecule has 1 aromatic heterocycles. The van der Waals surface area contributed by atoms with Crippen molar-refractivity contribution in [2.45, 2.75) is 33.7 Å². The number of nitrogens with zero attached hydrogens (tertiary/aromatic N) is 3. The SMILES string of the molecule is CC.COc1cc(/C=C2\OCCN=C2NC(=O)C(C)Nc2ccc(F)cc2)ccc1-n1cnc(C)c1. The number of aromatic nitrogens is 2. The molecule has 0 aliphatic carbocycles. The summed E-state index contributed by atoms with van der Waals surface area (Å²) in [6.07, 6.45) is 5.46. The first-order valence-electron chi connectivity index (χ1n) is 11.8. The zero-order valence-corrected chi connectivity index (χ0v) is 21.2. The number of carbonyl (C=O) groups is 1. The van der Waals surface area contributed by atoms with Crippen molar-refractivity contribution in [3.05, 3.63) is 77.8 Å². The Labute approximate surface area is 210 Å². The van der Waals surface area contributed by atoms with Gasteiger partial charge < -0.3 is 24.7 Å². The number of amidine groups is 1. The monoisotopic (exact) mass is 493 g/mol. The number of aryl methyl sites for hydroxylation is 1. The summed E-state index contributed by atoms with van der Waals surface area (Å²) < 4.78 is 26.4. The Hall–Kier alpha value is -4.14. The second-order valence-corrected chi connectivity index (χ2v) is 7.80. The average molecular weight is 494 g/mol. The van der Waals surface area contributed by atoms with Gasteiger partial charge in [0.05, 0.1) is 31.4 Å². The Morgan fingerprint density at radius 2 is 1.97 bits per heavy atom. The molecule has 1 atom stereocenters. The zero-order chi connectivity index (χ0) is 26.1. The molecule has 8 nitrogen and oxygen atoms in total. The minimum atomic E-state index is -0.575. The molecule has 2 heterocycles. The van der Waals surface area contributed by atoms with Gasteiger partial charge in [0.15, 0.2) is 11.6 Å². The third-order valence-electron chi connectivity index (χ3n) is 5.21. The smallest absolute Gasteiger partial charge is 0.247 e. The van der Waals surface area contributed by atoms with Crippen LogP contribution >= 0.6 is 0 Å². The molecule has 9 heteroatoms. The quantitative estimate of drug-likeness (QED) is 0.518. The van der Waals surface area contributed by atoms with Crippen LogP contribution in [0.3, 0.4) is 0 Å². The van der Waals surface area contributed by atoms with Gasteiger partial charge in [-0.25, -0.2) is 9.37 Å². The fourth-order valence-corrected chi connectivity index (χ4v) is 3.46. The van der Waals surface area contributed by atoms with Gasteiger partial charge in [0.1, 0.15) is 24.2 Å². The molecular weight excluding hydrogens is 461 g/mol. The lowest BCUT2D eigenvalue weighted by Gasteiger charge is -2.21. The van der Waals surface area contributed by atoms with E-state index in [1.54, 1.807) is 32.5 Å². The minimum Gasteiger partial charge on any atom is -0.495 e. The van der Waals surface area contributed by atoms with Crippen molar-refractivity contribution in [1.29, 1.82) is 0 Å². The van der Waals surface area contributed by atoms with Crippen molar-refractivity contribution in [3.8, 4) is 11.4 Å². The summed E-state index contributed by atoms with van der Waals surface area (Å²) in [4.78, 5) is 21.4. The van der Waals surface area contributed by atoms with Crippen LogP contribution in [0.5, 0.6) is 5.75 Å². The molecular formula is C27H32FN5O3. The molecule has 2 aromatic carbocycles. The highest BCUT2D eigenvalue weighted by molar-refractivity contribution is 6.10. The van der Waals surface area contributed by atoms with Crippen molar-refractivity contribution in [1.82, 2.24) is 14.9 Å². The molecule has 1 unspecified atom stereocenters. The van der Waals surface area contributed by atoms with Crippen LogP contribution in [0.1, 0.15) is 32.0 Å². The highest BCUT2D eigenvalue weighted by atomic mass is 19.1. The number of nitrogens with one attached hydrogen (secondary N) is 2. The van der Waals surface area contributed by atoms with Crippen LogP contribution in [0, 0.1) is 12.7 Å². The van der Waals surface area contributed by atoms with Gasteiger partial charge in [0.2, 0.25) is 5.91 Å². The second kappa shape index (κ2) is 12.5. The molecule has 0 fully saturated rings. The number of benzene rings is 2. The number of carbonyl (C=O) groups excluding carboxylic acids is 1. The summed E-state index contributed by atoms with van der Waals surface area (Å²) in [5.74, 6) is 0.861. The normalized spacial score (nSPS) is 14.6. The Morgan fingerprint density at radius 3 is 2.64 bits per heavy atom. The van der Waals surface area contributed by atoms with E-state index < -0.39 is 6.04 Å². The lowest BCUT2D eigenvalue weighted by molar-refractivity contribution is -0.120. The molecule has 0 saturated carbocycles. The minimum absolute atomic E-state index is 0.289. The summed E-state index contributed by atoms with van der Waals surface area (Å²) in [5.41, 5.74) is 3.23. The Kier molecular flexibility index (Phi) is 9.21. The number of hydrogen-bond donors (Lipinski definition) is 2. The van der Waals surface area contributed by atoms with Crippen LogP contribution < -0.4 is 15.4 Å². The molecule has 2 N–H and O–H groups in total. The predicted octanol–water partition coefficient (Wildman–Crippen LogP) is 4.74. The number of halogens is 1. The number of rotatable bonds is 6. The molecule has 1 amide bonds. The summed E-state index contributed by atoms with van der Waals surface area (Å²) >= 11 is 0. The van der Waals surface area contributed by atoms with Crippen LogP contribution in [0.25, 0.3) is 11.8 Å². The summed E-state index contributed by atoms with van der Waals surface area (Å²) in [7, 11) is 1.61. The number of aliphatic imine (C=N–C) groups is 1. The maximum absolute atomic E-state index is 13.1. The van der Waals surface area contributed by atoms with Gasteiger partial charge in [-0.3, -0.25) is 9.79 Å². The Bertz CT molecular complexity index is 1230.